The lowest BCUT2D eigenvalue weighted by molar-refractivity contribution is -0.137. The van der Waals surface area contributed by atoms with Gasteiger partial charge in [-0.25, -0.2) is 0 Å². The van der Waals surface area contributed by atoms with Crippen LogP contribution in [0, 0.1) is 0 Å². The smallest absolute Gasteiger partial charge is 0.303 e. The van der Waals surface area contributed by atoms with Crippen LogP contribution in [-0.2, 0) is 4.79 Å². The van der Waals surface area contributed by atoms with E-state index in [1.54, 1.807) is 0 Å². The van der Waals surface area contributed by atoms with Gasteiger partial charge in [-0.1, -0.05) is 6.92 Å². The van der Waals surface area contributed by atoms with Crippen molar-refractivity contribution in [2.24, 2.45) is 0 Å². The summed E-state index contributed by atoms with van der Waals surface area (Å²) in [4.78, 5) is 10.2. The summed E-state index contributed by atoms with van der Waals surface area (Å²) in [5.41, 5.74) is 0. The first-order valence-electron chi connectivity index (χ1n) is 5.19. The average Bonchev–Trinajstić information content (AvgIpc) is 2.13. The van der Waals surface area contributed by atoms with E-state index < -0.39 is 5.97 Å². The molecule has 0 aromatic rings. The van der Waals surface area contributed by atoms with Crippen molar-refractivity contribution in [1.29, 1.82) is 0 Å². The van der Waals surface area contributed by atoms with Crippen molar-refractivity contribution in [3.8, 4) is 0 Å². The number of thioether (sulfide) groups is 1. The molecule has 1 unspecified atom stereocenters. The first-order chi connectivity index (χ1) is 6.66. The van der Waals surface area contributed by atoms with Gasteiger partial charge in [0.2, 0.25) is 0 Å². The molecular formula is C10H21NO2S. The lowest BCUT2D eigenvalue weighted by Crippen LogP contribution is -2.27. The minimum atomic E-state index is -0.707. The van der Waals surface area contributed by atoms with Crippen molar-refractivity contribution in [3.05, 3.63) is 0 Å². The van der Waals surface area contributed by atoms with Crippen LogP contribution in [0.1, 0.15) is 33.1 Å². The van der Waals surface area contributed by atoms with E-state index >= 15 is 0 Å². The van der Waals surface area contributed by atoms with Crippen molar-refractivity contribution in [1.82, 2.24) is 5.32 Å². The summed E-state index contributed by atoms with van der Waals surface area (Å²) >= 11 is 1.95. The van der Waals surface area contributed by atoms with Gasteiger partial charge in [-0.2, -0.15) is 11.8 Å². The summed E-state index contributed by atoms with van der Waals surface area (Å²) in [7, 11) is 0. The maximum atomic E-state index is 10.2. The third-order valence-electron chi connectivity index (χ3n) is 1.96. The van der Waals surface area contributed by atoms with E-state index in [2.05, 4.69) is 19.2 Å². The number of carboxylic acid groups (broad SMARTS) is 1. The van der Waals surface area contributed by atoms with Gasteiger partial charge < -0.3 is 10.4 Å². The van der Waals surface area contributed by atoms with Crippen molar-refractivity contribution >= 4 is 17.7 Å². The molecule has 0 saturated carbocycles. The molecule has 84 valence electrons. The van der Waals surface area contributed by atoms with E-state index in [0.717, 1.165) is 19.4 Å². The van der Waals surface area contributed by atoms with Crippen LogP contribution < -0.4 is 5.32 Å². The van der Waals surface area contributed by atoms with E-state index in [1.165, 1.54) is 11.5 Å². The number of hydrogen-bond donors (Lipinski definition) is 2. The van der Waals surface area contributed by atoms with E-state index in [4.69, 9.17) is 5.11 Å². The topological polar surface area (TPSA) is 49.3 Å². The fourth-order valence-corrected chi connectivity index (χ4v) is 1.90. The first-order valence-corrected chi connectivity index (χ1v) is 6.35. The lowest BCUT2D eigenvalue weighted by atomic mass is 10.2. The number of carboxylic acids is 1. The Hall–Kier alpha value is -0.220. The molecule has 0 heterocycles. The molecule has 0 aliphatic rings. The largest absolute Gasteiger partial charge is 0.481 e. The van der Waals surface area contributed by atoms with Crippen molar-refractivity contribution in [2.75, 3.05) is 18.1 Å². The third-order valence-corrected chi connectivity index (χ3v) is 2.89. The van der Waals surface area contributed by atoms with Gasteiger partial charge in [0.15, 0.2) is 0 Å². The highest BCUT2D eigenvalue weighted by Crippen LogP contribution is 2.03. The van der Waals surface area contributed by atoms with E-state index in [1.807, 2.05) is 11.8 Å². The molecule has 1 atom stereocenters. The molecule has 0 aromatic heterocycles. The number of carbonyl (C=O) groups is 1. The Bertz CT molecular complexity index is 153. The van der Waals surface area contributed by atoms with E-state index in [-0.39, 0.29) is 6.42 Å². The molecule has 0 aliphatic carbocycles. The van der Waals surface area contributed by atoms with Crippen LogP contribution in [0.3, 0.4) is 0 Å². The second-order valence-corrected chi connectivity index (χ2v) is 4.73. The second-order valence-electron chi connectivity index (χ2n) is 3.34. The molecule has 0 aliphatic heterocycles. The molecule has 0 fully saturated rings. The predicted molar refractivity (Wildman–Crippen MR) is 62.0 cm³/mol. The van der Waals surface area contributed by atoms with Gasteiger partial charge in [-0.15, -0.1) is 0 Å². The Labute approximate surface area is 90.7 Å². The highest BCUT2D eigenvalue weighted by molar-refractivity contribution is 7.99. The predicted octanol–water partition coefficient (Wildman–Crippen LogP) is 1.97. The highest BCUT2D eigenvalue weighted by atomic mass is 32.2. The van der Waals surface area contributed by atoms with E-state index in [9.17, 15) is 4.79 Å². The maximum Gasteiger partial charge on any atom is 0.303 e. The van der Waals surface area contributed by atoms with Crippen LogP contribution >= 0.6 is 11.8 Å². The zero-order chi connectivity index (χ0) is 10.8. The van der Waals surface area contributed by atoms with Gasteiger partial charge in [0, 0.05) is 12.5 Å². The minimum absolute atomic E-state index is 0.267. The fraction of sp³-hybridized carbons (Fsp3) is 0.900. The summed E-state index contributed by atoms with van der Waals surface area (Å²) in [5.74, 6) is 1.65. The van der Waals surface area contributed by atoms with Crippen LogP contribution in [0.2, 0.25) is 0 Å². The van der Waals surface area contributed by atoms with Crippen LogP contribution in [-0.4, -0.2) is 35.2 Å². The third kappa shape index (κ3) is 9.86. The molecular weight excluding hydrogens is 198 g/mol. The van der Waals surface area contributed by atoms with Crippen LogP contribution in [0.4, 0.5) is 0 Å². The molecule has 0 rings (SSSR count). The van der Waals surface area contributed by atoms with Crippen LogP contribution in [0.15, 0.2) is 0 Å². The molecule has 0 spiro atoms. The second kappa shape index (κ2) is 9.34. The summed E-state index contributed by atoms with van der Waals surface area (Å²) in [5, 5.41) is 11.7. The normalized spacial score (nSPS) is 12.7. The van der Waals surface area contributed by atoms with Gasteiger partial charge in [0.1, 0.15) is 0 Å². The number of rotatable bonds is 9. The molecule has 2 N–H and O–H groups in total. The van der Waals surface area contributed by atoms with Gasteiger partial charge in [0.25, 0.3) is 0 Å². The summed E-state index contributed by atoms with van der Waals surface area (Å²) < 4.78 is 0. The van der Waals surface area contributed by atoms with Gasteiger partial charge in [0.05, 0.1) is 0 Å². The Morgan fingerprint density at radius 2 is 2.29 bits per heavy atom. The molecule has 0 bridgehead atoms. The molecule has 0 amide bonds. The Kier molecular flexibility index (Phi) is 9.19. The molecule has 14 heavy (non-hydrogen) atoms. The maximum absolute atomic E-state index is 10.2. The number of nitrogens with one attached hydrogen (secondary N) is 1. The standard InChI is InChI=1S/C10H21NO2S/c1-3-14-8-6-9(2)11-7-4-5-10(12)13/h9,11H,3-8H2,1-2H3,(H,12,13). The quantitative estimate of drug-likeness (QED) is 0.582. The fourth-order valence-electron chi connectivity index (χ4n) is 1.09. The zero-order valence-corrected chi connectivity index (χ0v) is 9.90. The van der Waals surface area contributed by atoms with Crippen molar-refractivity contribution in [2.45, 2.75) is 39.2 Å². The zero-order valence-electron chi connectivity index (χ0n) is 9.08. The molecule has 0 saturated heterocycles. The average molecular weight is 219 g/mol. The molecule has 4 heteroatoms. The molecule has 0 aromatic carbocycles. The molecule has 3 nitrogen and oxygen atoms in total. The highest BCUT2D eigenvalue weighted by Gasteiger charge is 2.01. The monoisotopic (exact) mass is 219 g/mol. The molecule has 0 radical (unpaired) electrons. The summed E-state index contributed by atoms with van der Waals surface area (Å²) in [6, 6.07) is 0.503. The summed E-state index contributed by atoms with van der Waals surface area (Å²) in [6.07, 6.45) is 2.15. The van der Waals surface area contributed by atoms with E-state index in [0.29, 0.717) is 6.04 Å². The van der Waals surface area contributed by atoms with Gasteiger partial charge >= 0.3 is 5.97 Å². The van der Waals surface area contributed by atoms with Gasteiger partial charge in [-0.05, 0) is 37.8 Å². The Morgan fingerprint density at radius 3 is 2.86 bits per heavy atom. The van der Waals surface area contributed by atoms with Crippen molar-refractivity contribution in [3.63, 3.8) is 0 Å². The lowest BCUT2D eigenvalue weighted by Gasteiger charge is -2.12. The SMILES string of the molecule is CCSCCC(C)NCCCC(=O)O. The van der Waals surface area contributed by atoms with Crippen LogP contribution in [0.25, 0.3) is 0 Å². The minimum Gasteiger partial charge on any atom is -0.481 e. The van der Waals surface area contributed by atoms with Gasteiger partial charge in [-0.3, -0.25) is 4.79 Å². The van der Waals surface area contributed by atoms with Crippen LogP contribution in [0.5, 0.6) is 0 Å². The summed E-state index contributed by atoms with van der Waals surface area (Å²) in [6.45, 7) is 5.12. The number of hydrogen-bond acceptors (Lipinski definition) is 3. The Morgan fingerprint density at radius 1 is 1.57 bits per heavy atom. The first kappa shape index (κ1) is 13.8. The Balaban J connectivity index is 3.18. The number of aliphatic carboxylic acids is 1. The van der Waals surface area contributed by atoms with Crippen molar-refractivity contribution < 1.29 is 9.90 Å².